The van der Waals surface area contributed by atoms with Gasteiger partial charge >= 0.3 is 17.7 Å². The van der Waals surface area contributed by atoms with Gasteiger partial charge in [0.15, 0.2) is 12.4 Å². The fourth-order valence-corrected chi connectivity index (χ4v) is 1.50. The van der Waals surface area contributed by atoms with Crippen molar-refractivity contribution in [2.75, 3.05) is 20.3 Å². The van der Waals surface area contributed by atoms with E-state index >= 15 is 0 Å². The molecule has 0 heterocycles. The van der Waals surface area contributed by atoms with E-state index in [9.17, 15) is 24.5 Å². The lowest BCUT2D eigenvalue weighted by Gasteiger charge is -2.07. The van der Waals surface area contributed by atoms with Gasteiger partial charge < -0.3 is 14.8 Å². The number of carbonyl (C=O) groups excluding carboxylic acids is 3. The number of amides is 3. The van der Waals surface area contributed by atoms with Crippen molar-refractivity contribution in [1.29, 1.82) is 0 Å². The molecule has 0 atom stereocenters. The molecule has 3 amide bonds. The molecule has 0 bridgehead atoms. The highest BCUT2D eigenvalue weighted by molar-refractivity contribution is 5.97. The van der Waals surface area contributed by atoms with Crippen molar-refractivity contribution >= 4 is 23.6 Å². The number of nitro groups is 1. The first-order valence-corrected chi connectivity index (χ1v) is 6.49. The maximum Gasteiger partial charge on any atom is 0.338 e. The first-order valence-electron chi connectivity index (χ1n) is 6.49. The Labute approximate surface area is 130 Å². The zero-order valence-corrected chi connectivity index (χ0v) is 12.5. The molecule has 1 rings (SSSR count). The van der Waals surface area contributed by atoms with Gasteiger partial charge in [0, 0.05) is 13.1 Å². The molecule has 1 aromatic rings. The number of esters is 1. The topological polar surface area (TPSA) is 137 Å². The van der Waals surface area contributed by atoms with Gasteiger partial charge in [0.05, 0.1) is 17.1 Å². The molecule has 0 aliphatic rings. The molecule has 0 aliphatic carbocycles. The van der Waals surface area contributed by atoms with Gasteiger partial charge in [-0.05, 0) is 19.1 Å². The molecule has 2 N–H and O–H groups in total. The van der Waals surface area contributed by atoms with E-state index in [4.69, 9.17) is 4.74 Å². The van der Waals surface area contributed by atoms with Crippen LogP contribution >= 0.6 is 0 Å². The van der Waals surface area contributed by atoms with E-state index < -0.39 is 35.1 Å². The summed E-state index contributed by atoms with van der Waals surface area (Å²) in [5, 5.41) is 15.0. The molecule has 23 heavy (non-hydrogen) atoms. The molecule has 0 saturated carbocycles. The van der Waals surface area contributed by atoms with E-state index in [0.717, 1.165) is 6.07 Å². The Morgan fingerprint density at radius 1 is 1.30 bits per heavy atom. The second-order valence-corrected chi connectivity index (χ2v) is 4.08. The van der Waals surface area contributed by atoms with Crippen LogP contribution in [0.2, 0.25) is 0 Å². The molecule has 10 nitrogen and oxygen atoms in total. The van der Waals surface area contributed by atoms with Crippen LogP contribution in [0.1, 0.15) is 17.3 Å². The van der Waals surface area contributed by atoms with E-state index in [0.29, 0.717) is 0 Å². The number of urea groups is 1. The lowest BCUT2D eigenvalue weighted by Crippen LogP contribution is -2.39. The van der Waals surface area contributed by atoms with Crippen LogP contribution < -0.4 is 15.4 Å². The molecule has 0 radical (unpaired) electrons. The number of nitrogens with one attached hydrogen (secondary N) is 2. The summed E-state index contributed by atoms with van der Waals surface area (Å²) in [6, 6.07) is 2.78. The first kappa shape index (κ1) is 17.9. The minimum absolute atomic E-state index is 0.0198. The molecule has 0 aliphatic heterocycles. The molecule has 0 spiro atoms. The van der Waals surface area contributed by atoms with Gasteiger partial charge in [-0.15, -0.1) is 0 Å². The number of hydrogen-bond acceptors (Lipinski definition) is 7. The van der Waals surface area contributed by atoms with Gasteiger partial charge in [-0.3, -0.25) is 20.2 Å². The average molecular weight is 325 g/mol. The van der Waals surface area contributed by atoms with Crippen molar-refractivity contribution in [3.05, 3.63) is 33.9 Å². The smallest absolute Gasteiger partial charge is 0.338 e. The molecular weight excluding hydrogens is 310 g/mol. The fourth-order valence-electron chi connectivity index (χ4n) is 1.50. The maximum atomic E-state index is 11.8. The molecule has 10 heteroatoms. The van der Waals surface area contributed by atoms with E-state index in [2.05, 4.69) is 10.1 Å². The minimum Gasteiger partial charge on any atom is -0.487 e. The van der Waals surface area contributed by atoms with Crippen molar-refractivity contribution in [2.24, 2.45) is 0 Å². The SMILES string of the molecule is CCOc1ccc(C(=O)OCC(=O)NC(=O)NC)cc1[N+](=O)[O-]. The fraction of sp³-hybridized carbons (Fsp3) is 0.308. The number of nitro benzene ring substituents is 1. The van der Waals surface area contributed by atoms with Crippen LogP contribution in [0, 0.1) is 10.1 Å². The highest BCUT2D eigenvalue weighted by Gasteiger charge is 2.20. The number of hydrogen-bond donors (Lipinski definition) is 2. The van der Waals surface area contributed by atoms with E-state index in [1.807, 2.05) is 5.32 Å². The van der Waals surface area contributed by atoms with Crippen molar-refractivity contribution in [1.82, 2.24) is 10.6 Å². The summed E-state index contributed by atoms with van der Waals surface area (Å²) >= 11 is 0. The molecular formula is C13H15N3O7. The lowest BCUT2D eigenvalue weighted by atomic mass is 10.2. The third-order valence-corrected chi connectivity index (χ3v) is 2.51. The zero-order chi connectivity index (χ0) is 17.4. The molecule has 0 aromatic heterocycles. The molecule has 1 aromatic carbocycles. The maximum absolute atomic E-state index is 11.8. The Hall–Kier alpha value is -3.17. The second kappa shape index (κ2) is 8.32. The van der Waals surface area contributed by atoms with Gasteiger partial charge in [-0.1, -0.05) is 0 Å². The van der Waals surface area contributed by atoms with Crippen LogP contribution in [0.3, 0.4) is 0 Å². The minimum atomic E-state index is -0.941. The summed E-state index contributed by atoms with van der Waals surface area (Å²) in [7, 11) is 1.31. The largest absolute Gasteiger partial charge is 0.487 e. The highest BCUT2D eigenvalue weighted by atomic mass is 16.6. The van der Waals surface area contributed by atoms with Gasteiger partial charge in [-0.2, -0.15) is 0 Å². The summed E-state index contributed by atoms with van der Waals surface area (Å²) in [4.78, 5) is 44.2. The summed E-state index contributed by atoms with van der Waals surface area (Å²) in [5.41, 5.74) is -0.510. The normalized spacial score (nSPS) is 9.65. The summed E-state index contributed by atoms with van der Waals surface area (Å²) in [6.07, 6.45) is 0. The second-order valence-electron chi connectivity index (χ2n) is 4.08. The summed E-state index contributed by atoms with van der Waals surface area (Å²) in [6.45, 7) is 1.19. The quantitative estimate of drug-likeness (QED) is 0.444. The number of imide groups is 1. The van der Waals surface area contributed by atoms with Gasteiger partial charge in [0.25, 0.3) is 5.91 Å². The predicted octanol–water partition coefficient (Wildman–Crippen LogP) is 0.606. The number of rotatable bonds is 6. The van der Waals surface area contributed by atoms with Crippen molar-refractivity contribution in [3.63, 3.8) is 0 Å². The van der Waals surface area contributed by atoms with Crippen molar-refractivity contribution in [2.45, 2.75) is 6.92 Å². The Morgan fingerprint density at radius 3 is 2.57 bits per heavy atom. The third kappa shape index (κ3) is 5.26. The standard InChI is InChI=1S/C13H15N3O7/c1-3-22-10-5-4-8(6-9(10)16(20)21)12(18)23-7-11(17)15-13(19)14-2/h4-6H,3,7H2,1-2H3,(H2,14,15,17,19). The summed E-state index contributed by atoms with van der Waals surface area (Å²) < 4.78 is 9.76. The van der Waals surface area contributed by atoms with Crippen LogP contribution in [0.15, 0.2) is 18.2 Å². The zero-order valence-electron chi connectivity index (χ0n) is 12.5. The Bertz CT molecular complexity index is 630. The molecule has 0 unspecified atom stereocenters. The van der Waals surface area contributed by atoms with Gasteiger partial charge in [0.2, 0.25) is 0 Å². The Balaban J connectivity index is 2.76. The van der Waals surface area contributed by atoms with Gasteiger partial charge in [0.1, 0.15) is 0 Å². The Morgan fingerprint density at radius 2 is 2.00 bits per heavy atom. The first-order chi connectivity index (χ1) is 10.9. The van der Waals surface area contributed by atoms with E-state index in [1.54, 1.807) is 6.92 Å². The average Bonchev–Trinajstić information content (AvgIpc) is 2.52. The lowest BCUT2D eigenvalue weighted by molar-refractivity contribution is -0.385. The third-order valence-electron chi connectivity index (χ3n) is 2.51. The van der Waals surface area contributed by atoms with Crippen molar-refractivity contribution < 1.29 is 28.8 Å². The predicted molar refractivity (Wildman–Crippen MR) is 77.1 cm³/mol. The molecule has 0 fully saturated rings. The number of benzene rings is 1. The van der Waals surface area contributed by atoms with Crippen molar-refractivity contribution in [3.8, 4) is 5.75 Å². The van der Waals surface area contributed by atoms with Gasteiger partial charge in [-0.25, -0.2) is 9.59 Å². The molecule has 0 saturated heterocycles. The number of carbonyl (C=O) groups is 3. The van der Waals surface area contributed by atoms with Crippen LogP contribution in [-0.4, -0.2) is 43.1 Å². The monoisotopic (exact) mass is 325 g/mol. The van der Waals surface area contributed by atoms with Crippen LogP contribution in [0.4, 0.5) is 10.5 Å². The summed E-state index contributed by atoms with van der Waals surface area (Å²) in [5.74, 6) is -1.76. The highest BCUT2D eigenvalue weighted by Crippen LogP contribution is 2.28. The van der Waals surface area contributed by atoms with Crippen LogP contribution in [-0.2, 0) is 9.53 Å². The number of nitrogens with zero attached hydrogens (tertiary/aromatic N) is 1. The van der Waals surface area contributed by atoms with E-state index in [-0.39, 0.29) is 17.9 Å². The Kier molecular flexibility index (Phi) is 6.46. The van der Waals surface area contributed by atoms with Crippen LogP contribution in [0.5, 0.6) is 5.75 Å². The molecule has 124 valence electrons. The van der Waals surface area contributed by atoms with E-state index in [1.165, 1.54) is 19.2 Å². The van der Waals surface area contributed by atoms with Crippen LogP contribution in [0.25, 0.3) is 0 Å². The number of ether oxygens (including phenoxy) is 2.